The van der Waals surface area contributed by atoms with E-state index in [1.807, 2.05) is 27.7 Å². The normalized spacial score (nSPS) is 11.7. The van der Waals surface area contributed by atoms with Gasteiger partial charge >= 0.3 is 0 Å². The number of ether oxygens (including phenoxy) is 1. The number of carbonyl (C=O) groups is 2. The molecular weight excluding hydrogens is 459 g/mol. The molecule has 2 aromatic carbocycles. The van der Waals surface area contributed by atoms with Gasteiger partial charge in [0.2, 0.25) is 5.91 Å². The summed E-state index contributed by atoms with van der Waals surface area (Å²) in [7, 11) is 0. The van der Waals surface area contributed by atoms with Gasteiger partial charge in [0.05, 0.1) is 0 Å². The van der Waals surface area contributed by atoms with Gasteiger partial charge in [0.15, 0.2) is 6.61 Å². The van der Waals surface area contributed by atoms with E-state index < -0.39 is 6.04 Å². The number of rotatable bonds is 9. The van der Waals surface area contributed by atoms with E-state index >= 15 is 0 Å². The van der Waals surface area contributed by atoms with Crippen LogP contribution in [0.15, 0.2) is 30.3 Å². The molecule has 2 rings (SSSR count). The van der Waals surface area contributed by atoms with E-state index in [-0.39, 0.29) is 25.0 Å². The van der Waals surface area contributed by atoms with E-state index in [1.54, 1.807) is 30.3 Å². The molecule has 31 heavy (non-hydrogen) atoms. The first-order valence-electron chi connectivity index (χ1n) is 10.1. The second kappa shape index (κ2) is 11.6. The largest absolute Gasteiger partial charge is 0.484 e. The fraction of sp³-hybridized carbons (Fsp3) is 0.391. The van der Waals surface area contributed by atoms with Crippen LogP contribution in [0.1, 0.15) is 37.0 Å². The van der Waals surface area contributed by atoms with Crippen molar-refractivity contribution >= 4 is 46.6 Å². The number of likely N-dealkylation sites (N-methyl/N-ethyl adjacent to an activating group) is 1. The summed E-state index contributed by atoms with van der Waals surface area (Å²) in [5, 5.41) is 4.39. The number of hydrogen-bond acceptors (Lipinski definition) is 3. The van der Waals surface area contributed by atoms with Crippen molar-refractivity contribution in [2.75, 3.05) is 13.2 Å². The summed E-state index contributed by atoms with van der Waals surface area (Å²) in [5.41, 5.74) is 2.42. The molecule has 2 aromatic rings. The minimum atomic E-state index is -0.656. The zero-order chi connectivity index (χ0) is 23.1. The van der Waals surface area contributed by atoms with Gasteiger partial charge in [-0.2, -0.15) is 0 Å². The standard InChI is InChI=1S/C23H27Cl3N2O3/c1-5-20(23(30)27-6-2)28(12-16-7-8-17(24)11-19(16)25)21(29)13-31-18-9-14(3)22(26)15(4)10-18/h7-11,20H,5-6,12-13H2,1-4H3,(H,27,30)/t20-/m0/s1. The molecule has 168 valence electrons. The number of carbonyl (C=O) groups excluding carboxylic acids is 2. The fourth-order valence-corrected chi connectivity index (χ4v) is 3.84. The molecule has 8 heteroatoms. The van der Waals surface area contributed by atoms with Gasteiger partial charge < -0.3 is 15.0 Å². The molecule has 0 saturated carbocycles. The number of nitrogens with zero attached hydrogens (tertiary/aromatic N) is 1. The predicted molar refractivity (Wildman–Crippen MR) is 126 cm³/mol. The first-order valence-corrected chi connectivity index (χ1v) is 11.2. The monoisotopic (exact) mass is 484 g/mol. The van der Waals surface area contributed by atoms with E-state index in [0.717, 1.165) is 11.1 Å². The summed E-state index contributed by atoms with van der Waals surface area (Å²) in [6.45, 7) is 7.85. The van der Waals surface area contributed by atoms with E-state index in [9.17, 15) is 9.59 Å². The summed E-state index contributed by atoms with van der Waals surface area (Å²) in [6.07, 6.45) is 0.446. The van der Waals surface area contributed by atoms with Crippen LogP contribution in [0.3, 0.4) is 0 Å². The predicted octanol–water partition coefficient (Wildman–Crippen LogP) is 5.59. The Morgan fingerprint density at radius 3 is 2.26 bits per heavy atom. The van der Waals surface area contributed by atoms with Crippen LogP contribution in [0.4, 0.5) is 0 Å². The summed E-state index contributed by atoms with van der Waals surface area (Å²) in [6, 6.07) is 7.98. The average Bonchev–Trinajstić information content (AvgIpc) is 2.71. The van der Waals surface area contributed by atoms with Crippen molar-refractivity contribution in [3.05, 3.63) is 62.1 Å². The Kier molecular flexibility index (Phi) is 9.48. The topological polar surface area (TPSA) is 58.6 Å². The number of amides is 2. The van der Waals surface area contributed by atoms with Crippen molar-refractivity contribution in [3.8, 4) is 5.75 Å². The summed E-state index contributed by atoms with van der Waals surface area (Å²) in [4.78, 5) is 27.3. The molecule has 0 fully saturated rings. The van der Waals surface area contributed by atoms with E-state index in [0.29, 0.717) is 39.3 Å². The number of hydrogen-bond donors (Lipinski definition) is 1. The minimum absolute atomic E-state index is 0.159. The maximum absolute atomic E-state index is 13.2. The van der Waals surface area contributed by atoms with Crippen molar-refractivity contribution in [1.29, 1.82) is 0 Å². The molecule has 0 unspecified atom stereocenters. The van der Waals surface area contributed by atoms with Crippen molar-refractivity contribution in [3.63, 3.8) is 0 Å². The highest BCUT2D eigenvalue weighted by molar-refractivity contribution is 6.35. The van der Waals surface area contributed by atoms with Gasteiger partial charge in [-0.1, -0.05) is 47.8 Å². The molecule has 2 amide bonds. The molecule has 0 saturated heterocycles. The number of nitrogens with one attached hydrogen (secondary N) is 1. The minimum Gasteiger partial charge on any atom is -0.484 e. The van der Waals surface area contributed by atoms with Crippen LogP contribution in [0.5, 0.6) is 5.75 Å². The second-order valence-electron chi connectivity index (χ2n) is 7.24. The highest BCUT2D eigenvalue weighted by Gasteiger charge is 2.29. The highest BCUT2D eigenvalue weighted by Crippen LogP contribution is 2.27. The Balaban J connectivity index is 2.27. The fourth-order valence-electron chi connectivity index (χ4n) is 3.26. The lowest BCUT2D eigenvalue weighted by molar-refractivity contribution is -0.142. The van der Waals surface area contributed by atoms with E-state index in [2.05, 4.69) is 5.32 Å². The molecule has 5 nitrogen and oxygen atoms in total. The summed E-state index contributed by atoms with van der Waals surface area (Å²) >= 11 is 18.5. The van der Waals surface area contributed by atoms with Crippen molar-refractivity contribution in [2.24, 2.45) is 0 Å². The molecule has 1 N–H and O–H groups in total. The van der Waals surface area contributed by atoms with Crippen LogP contribution in [-0.2, 0) is 16.1 Å². The highest BCUT2D eigenvalue weighted by atomic mass is 35.5. The molecule has 0 aromatic heterocycles. The number of benzene rings is 2. The first-order chi connectivity index (χ1) is 14.7. The lowest BCUT2D eigenvalue weighted by Crippen LogP contribution is -2.50. The molecule has 0 heterocycles. The van der Waals surface area contributed by atoms with E-state index in [1.165, 1.54) is 4.90 Å². The van der Waals surface area contributed by atoms with Gasteiger partial charge in [0.25, 0.3) is 5.91 Å². The van der Waals surface area contributed by atoms with Crippen LogP contribution < -0.4 is 10.1 Å². The zero-order valence-electron chi connectivity index (χ0n) is 18.1. The maximum Gasteiger partial charge on any atom is 0.261 e. The summed E-state index contributed by atoms with van der Waals surface area (Å²) < 4.78 is 5.75. The Bertz CT molecular complexity index is 927. The zero-order valence-corrected chi connectivity index (χ0v) is 20.4. The quantitative estimate of drug-likeness (QED) is 0.504. The van der Waals surface area contributed by atoms with Crippen LogP contribution in [0.2, 0.25) is 15.1 Å². The molecule has 0 aliphatic rings. The van der Waals surface area contributed by atoms with E-state index in [4.69, 9.17) is 39.5 Å². The Morgan fingerprint density at radius 1 is 1.06 bits per heavy atom. The Labute approximate surface area is 198 Å². The Morgan fingerprint density at radius 2 is 1.71 bits per heavy atom. The van der Waals surface area contributed by atoms with Gasteiger partial charge in [-0.3, -0.25) is 9.59 Å². The third kappa shape index (κ3) is 6.76. The third-order valence-electron chi connectivity index (χ3n) is 4.86. The maximum atomic E-state index is 13.2. The van der Waals surface area contributed by atoms with Gasteiger partial charge in [-0.25, -0.2) is 0 Å². The van der Waals surface area contributed by atoms with Gasteiger partial charge in [0.1, 0.15) is 11.8 Å². The van der Waals surface area contributed by atoms with Gasteiger partial charge in [0, 0.05) is 28.2 Å². The molecule has 0 aliphatic heterocycles. The molecule has 0 aliphatic carbocycles. The first kappa shape index (κ1) is 25.3. The molecule has 0 radical (unpaired) electrons. The second-order valence-corrected chi connectivity index (χ2v) is 8.46. The van der Waals surface area contributed by atoms with Crippen molar-refractivity contribution < 1.29 is 14.3 Å². The third-order valence-corrected chi connectivity index (χ3v) is 6.05. The van der Waals surface area contributed by atoms with Gasteiger partial charge in [-0.15, -0.1) is 0 Å². The molecular formula is C23H27Cl3N2O3. The smallest absolute Gasteiger partial charge is 0.261 e. The molecule has 0 bridgehead atoms. The lowest BCUT2D eigenvalue weighted by Gasteiger charge is -2.30. The van der Waals surface area contributed by atoms with Crippen LogP contribution in [0.25, 0.3) is 0 Å². The average molecular weight is 486 g/mol. The van der Waals surface area contributed by atoms with Crippen LogP contribution >= 0.6 is 34.8 Å². The lowest BCUT2D eigenvalue weighted by atomic mass is 10.1. The van der Waals surface area contributed by atoms with Crippen LogP contribution in [0, 0.1) is 13.8 Å². The van der Waals surface area contributed by atoms with Crippen LogP contribution in [-0.4, -0.2) is 35.9 Å². The number of aryl methyl sites for hydroxylation is 2. The Hall–Kier alpha value is -1.95. The number of halogens is 3. The molecule has 1 atom stereocenters. The molecule has 0 spiro atoms. The van der Waals surface area contributed by atoms with Gasteiger partial charge in [-0.05, 0) is 68.1 Å². The van der Waals surface area contributed by atoms with Crippen molar-refractivity contribution in [2.45, 2.75) is 46.7 Å². The SMILES string of the molecule is CCNC(=O)[C@H](CC)N(Cc1ccc(Cl)cc1Cl)C(=O)COc1cc(C)c(Cl)c(C)c1. The summed E-state index contributed by atoms with van der Waals surface area (Å²) in [5.74, 6) is -0.000669. The van der Waals surface area contributed by atoms with Crippen molar-refractivity contribution in [1.82, 2.24) is 10.2 Å².